The third-order valence-electron chi connectivity index (χ3n) is 7.29. The molecule has 1 fully saturated rings. The van der Waals surface area contributed by atoms with E-state index >= 15 is 0 Å². The average Bonchev–Trinajstić information content (AvgIpc) is 3.66. The van der Waals surface area contributed by atoms with Crippen LogP contribution in [0, 0.1) is 5.82 Å². The summed E-state index contributed by atoms with van der Waals surface area (Å²) < 4.78 is 15.8. The Kier molecular flexibility index (Phi) is 6.21. The molecule has 0 saturated carbocycles. The van der Waals surface area contributed by atoms with E-state index in [-0.39, 0.29) is 11.8 Å². The number of urea groups is 1. The highest BCUT2D eigenvalue weighted by molar-refractivity contribution is 5.96. The van der Waals surface area contributed by atoms with Crippen LogP contribution < -0.4 is 5.32 Å². The van der Waals surface area contributed by atoms with Gasteiger partial charge < -0.3 is 14.8 Å². The quantitative estimate of drug-likeness (QED) is 0.415. The van der Waals surface area contributed by atoms with Crippen molar-refractivity contribution >= 4 is 22.5 Å². The molecule has 0 aliphatic carbocycles. The molecule has 2 aliphatic rings. The predicted octanol–water partition coefficient (Wildman–Crippen LogP) is 4.16. The van der Waals surface area contributed by atoms with E-state index in [1.54, 1.807) is 11.0 Å². The molecule has 1 N–H and O–H groups in total. The Morgan fingerprint density at radius 3 is 2.65 bits per heavy atom. The number of aromatic nitrogens is 4. The van der Waals surface area contributed by atoms with Crippen LogP contribution >= 0.6 is 0 Å². The highest BCUT2D eigenvalue weighted by Gasteiger charge is 2.22. The van der Waals surface area contributed by atoms with Gasteiger partial charge in [0.25, 0.3) is 0 Å². The zero-order valence-electron chi connectivity index (χ0n) is 20.9. The number of nitrogens with zero attached hydrogens (tertiary/aromatic N) is 6. The summed E-state index contributed by atoms with van der Waals surface area (Å²) in [5, 5.41) is 12.9. The van der Waals surface area contributed by atoms with Crippen molar-refractivity contribution in [2.45, 2.75) is 19.9 Å². The van der Waals surface area contributed by atoms with Crippen molar-refractivity contribution < 1.29 is 9.18 Å². The molecule has 37 heavy (non-hydrogen) atoms. The first kappa shape index (κ1) is 23.4. The lowest BCUT2D eigenvalue weighted by Gasteiger charge is -2.28. The maximum absolute atomic E-state index is 13.6. The van der Waals surface area contributed by atoms with Crippen LogP contribution in [0.1, 0.15) is 18.9 Å². The van der Waals surface area contributed by atoms with Gasteiger partial charge in [-0.2, -0.15) is 15.0 Å². The Hall–Kier alpha value is -3.98. The molecule has 2 aromatic carbocycles. The summed E-state index contributed by atoms with van der Waals surface area (Å²) in [5.41, 5.74) is 6.34. The fraction of sp³-hybridized carbons (Fsp3) is 0.321. The van der Waals surface area contributed by atoms with Gasteiger partial charge in [0.15, 0.2) is 0 Å². The minimum atomic E-state index is -0.247. The first-order chi connectivity index (χ1) is 18.1. The van der Waals surface area contributed by atoms with Crippen LogP contribution in [0.5, 0.6) is 0 Å². The monoisotopic (exact) mass is 499 g/mol. The molecule has 4 aromatic rings. The number of carbonyl (C=O) groups excluding carboxylic acids is 1. The van der Waals surface area contributed by atoms with E-state index in [0.29, 0.717) is 0 Å². The topological polar surface area (TPSA) is 71.2 Å². The van der Waals surface area contributed by atoms with Crippen LogP contribution in [0.2, 0.25) is 0 Å². The smallest absolute Gasteiger partial charge is 0.317 e. The van der Waals surface area contributed by atoms with E-state index in [4.69, 9.17) is 0 Å². The Morgan fingerprint density at radius 2 is 1.95 bits per heavy atom. The molecule has 2 aliphatic heterocycles. The first-order valence-corrected chi connectivity index (χ1v) is 12.8. The number of nitrogens with one attached hydrogen (secondary N) is 1. The molecule has 2 aromatic heterocycles. The maximum Gasteiger partial charge on any atom is 0.317 e. The SMILES string of the molecule is CCn1ncc(-c2ccc3c(c2)c(C2=CCN(CCN4CCNC4=O)CC2)cn3-c2ccc(F)cc2)n1. The molecule has 9 heteroatoms. The highest BCUT2D eigenvalue weighted by Crippen LogP contribution is 2.35. The van der Waals surface area contributed by atoms with Crippen molar-refractivity contribution in [1.82, 2.24) is 34.7 Å². The second kappa shape index (κ2) is 9.82. The molecular weight excluding hydrogens is 469 g/mol. The second-order valence-corrected chi connectivity index (χ2v) is 9.54. The Bertz CT molecular complexity index is 1470. The first-order valence-electron chi connectivity index (χ1n) is 12.8. The molecule has 4 heterocycles. The number of amides is 2. The summed E-state index contributed by atoms with van der Waals surface area (Å²) >= 11 is 0. The van der Waals surface area contributed by atoms with Crippen molar-refractivity contribution in [3.8, 4) is 16.9 Å². The van der Waals surface area contributed by atoms with Crippen molar-refractivity contribution in [2.24, 2.45) is 0 Å². The van der Waals surface area contributed by atoms with Gasteiger partial charge in [0, 0.05) is 67.7 Å². The average molecular weight is 500 g/mol. The fourth-order valence-electron chi connectivity index (χ4n) is 5.19. The van der Waals surface area contributed by atoms with E-state index in [1.165, 1.54) is 23.3 Å². The van der Waals surface area contributed by atoms with E-state index in [0.717, 1.165) is 80.1 Å². The zero-order chi connectivity index (χ0) is 25.4. The van der Waals surface area contributed by atoms with Crippen LogP contribution in [-0.4, -0.2) is 74.7 Å². The number of aryl methyl sites for hydroxylation is 1. The Labute approximate surface area is 215 Å². The van der Waals surface area contributed by atoms with Crippen LogP contribution in [0.15, 0.2) is 60.9 Å². The Morgan fingerprint density at radius 1 is 1.08 bits per heavy atom. The molecule has 0 radical (unpaired) electrons. The molecule has 2 amide bonds. The number of hydrogen-bond donors (Lipinski definition) is 1. The lowest BCUT2D eigenvalue weighted by Crippen LogP contribution is -2.38. The molecular formula is C28H30FN7O. The summed E-state index contributed by atoms with van der Waals surface area (Å²) in [7, 11) is 0. The van der Waals surface area contributed by atoms with Gasteiger partial charge in [-0.25, -0.2) is 9.18 Å². The van der Waals surface area contributed by atoms with Crippen LogP contribution in [-0.2, 0) is 6.54 Å². The van der Waals surface area contributed by atoms with Gasteiger partial charge in [0.05, 0.1) is 18.3 Å². The second-order valence-electron chi connectivity index (χ2n) is 9.54. The summed E-state index contributed by atoms with van der Waals surface area (Å²) in [5.74, 6) is -0.247. The number of hydrogen-bond acceptors (Lipinski definition) is 4. The lowest BCUT2D eigenvalue weighted by atomic mass is 9.97. The predicted molar refractivity (Wildman–Crippen MR) is 142 cm³/mol. The van der Waals surface area contributed by atoms with Crippen molar-refractivity contribution in [2.75, 3.05) is 39.3 Å². The van der Waals surface area contributed by atoms with E-state index in [2.05, 4.69) is 55.5 Å². The van der Waals surface area contributed by atoms with Crippen molar-refractivity contribution in [3.05, 3.63) is 72.3 Å². The summed E-state index contributed by atoms with van der Waals surface area (Å²) in [4.78, 5) is 17.8. The Balaban J connectivity index is 1.33. The normalized spacial score (nSPS) is 16.4. The third kappa shape index (κ3) is 4.62. The molecule has 190 valence electrons. The maximum atomic E-state index is 13.6. The third-order valence-corrected chi connectivity index (χ3v) is 7.29. The largest absolute Gasteiger partial charge is 0.336 e. The molecule has 0 unspecified atom stereocenters. The molecule has 0 bridgehead atoms. The molecule has 6 rings (SSSR count). The zero-order valence-corrected chi connectivity index (χ0v) is 20.9. The highest BCUT2D eigenvalue weighted by atomic mass is 19.1. The number of fused-ring (bicyclic) bond motifs is 1. The number of benzene rings is 2. The van der Waals surface area contributed by atoms with E-state index < -0.39 is 0 Å². The van der Waals surface area contributed by atoms with Gasteiger partial charge in [-0.3, -0.25) is 4.90 Å². The van der Waals surface area contributed by atoms with Crippen LogP contribution in [0.25, 0.3) is 33.4 Å². The van der Waals surface area contributed by atoms with Gasteiger partial charge >= 0.3 is 6.03 Å². The molecule has 0 atom stereocenters. The molecule has 8 nitrogen and oxygen atoms in total. The van der Waals surface area contributed by atoms with E-state index in [9.17, 15) is 9.18 Å². The van der Waals surface area contributed by atoms with Gasteiger partial charge in [-0.05, 0) is 55.3 Å². The summed E-state index contributed by atoms with van der Waals surface area (Å²) in [6.45, 7) is 7.66. The number of carbonyl (C=O) groups is 1. The van der Waals surface area contributed by atoms with Crippen LogP contribution in [0.4, 0.5) is 9.18 Å². The number of halogens is 1. The molecule has 1 saturated heterocycles. The van der Waals surface area contributed by atoms with Gasteiger partial charge in [0.2, 0.25) is 0 Å². The van der Waals surface area contributed by atoms with Gasteiger partial charge in [-0.15, -0.1) is 0 Å². The number of rotatable bonds is 7. The minimum absolute atomic E-state index is 0.0385. The standard InChI is InChI=1S/C28H30FN7O/c1-2-36-31-18-26(32-36)21-3-8-27-24(17-21)25(19-35(27)23-6-4-22(29)5-7-23)20-9-12-33(13-10-20)15-16-34-14-11-30-28(34)37/h3-9,17-19H,2,10-16H2,1H3,(H,30,37). The fourth-order valence-corrected chi connectivity index (χ4v) is 5.19. The molecule has 0 spiro atoms. The van der Waals surface area contributed by atoms with Gasteiger partial charge in [0.1, 0.15) is 11.5 Å². The van der Waals surface area contributed by atoms with Crippen molar-refractivity contribution in [3.63, 3.8) is 0 Å². The lowest BCUT2D eigenvalue weighted by molar-refractivity contribution is 0.205. The van der Waals surface area contributed by atoms with Crippen LogP contribution in [0.3, 0.4) is 0 Å². The summed E-state index contributed by atoms with van der Waals surface area (Å²) in [6, 6.07) is 13.0. The van der Waals surface area contributed by atoms with E-state index in [1.807, 2.05) is 24.0 Å². The van der Waals surface area contributed by atoms with Gasteiger partial charge in [-0.1, -0.05) is 12.1 Å². The minimum Gasteiger partial charge on any atom is -0.336 e. The summed E-state index contributed by atoms with van der Waals surface area (Å²) in [6.07, 6.45) is 7.20. The van der Waals surface area contributed by atoms with Crippen molar-refractivity contribution in [1.29, 1.82) is 0 Å².